The largest absolute Gasteiger partial charge is 0.346 e. The van der Waals surface area contributed by atoms with Crippen LogP contribution in [0.3, 0.4) is 0 Å². The molecule has 2 N–H and O–H groups in total. The number of aromatic amines is 1. The third kappa shape index (κ3) is 3.07. The predicted molar refractivity (Wildman–Crippen MR) is 75.2 cm³/mol. The molecule has 3 rings (SSSR count). The summed E-state index contributed by atoms with van der Waals surface area (Å²) in [5.41, 5.74) is 1.22. The van der Waals surface area contributed by atoms with Crippen molar-refractivity contribution < 1.29 is 17.9 Å². The summed E-state index contributed by atoms with van der Waals surface area (Å²) in [7, 11) is -3.68. The Hall–Kier alpha value is -1.90. The molecule has 0 unspecified atom stereocenters. The Balaban J connectivity index is 1.83. The predicted octanol–water partition coefficient (Wildman–Crippen LogP) is 1.56. The zero-order valence-corrected chi connectivity index (χ0v) is 12.2. The minimum atomic E-state index is -3.68. The minimum Gasteiger partial charge on any atom is -0.346 e. The first-order chi connectivity index (χ1) is 10.0. The smallest absolute Gasteiger partial charge is 0.278 e. The number of hydrogen-bond donors (Lipinski definition) is 2. The summed E-state index contributed by atoms with van der Waals surface area (Å²) in [4.78, 5) is 6.59. The highest BCUT2D eigenvalue weighted by molar-refractivity contribution is 7.92. The minimum absolute atomic E-state index is 0.0266. The molecule has 1 aliphatic rings. The van der Waals surface area contributed by atoms with Gasteiger partial charge < -0.3 is 14.5 Å². The molecule has 0 saturated carbocycles. The second-order valence-electron chi connectivity index (χ2n) is 4.64. The second kappa shape index (κ2) is 5.47. The average Bonchev–Trinajstić information content (AvgIpc) is 3.09. The van der Waals surface area contributed by atoms with Crippen molar-refractivity contribution in [2.24, 2.45) is 0 Å². The molecule has 7 nitrogen and oxygen atoms in total. The van der Waals surface area contributed by atoms with E-state index in [9.17, 15) is 8.42 Å². The van der Waals surface area contributed by atoms with E-state index in [4.69, 9.17) is 9.47 Å². The number of hydrogen-bond acceptors (Lipinski definition) is 5. The molecule has 21 heavy (non-hydrogen) atoms. The number of aryl methyl sites for hydroxylation is 1. The SMILES string of the molecule is Cc1ncc(S(=O)(=O)Nc2cccc(C3OCCO3)c2)[nH]1. The molecule has 0 radical (unpaired) electrons. The van der Waals surface area contributed by atoms with Gasteiger partial charge in [0.1, 0.15) is 5.82 Å². The van der Waals surface area contributed by atoms with E-state index in [0.717, 1.165) is 5.56 Å². The van der Waals surface area contributed by atoms with E-state index in [-0.39, 0.29) is 5.03 Å². The summed E-state index contributed by atoms with van der Waals surface area (Å²) in [5.74, 6) is 0.539. The summed E-state index contributed by atoms with van der Waals surface area (Å²) < 4.78 is 37.7. The van der Waals surface area contributed by atoms with Crippen LogP contribution in [0.15, 0.2) is 35.5 Å². The van der Waals surface area contributed by atoms with E-state index in [1.807, 2.05) is 6.07 Å². The average molecular weight is 309 g/mol. The van der Waals surface area contributed by atoms with Crippen molar-refractivity contribution in [1.82, 2.24) is 9.97 Å². The highest BCUT2D eigenvalue weighted by atomic mass is 32.2. The van der Waals surface area contributed by atoms with Crippen molar-refractivity contribution in [3.63, 3.8) is 0 Å². The summed E-state index contributed by atoms with van der Waals surface area (Å²) in [6.45, 7) is 2.76. The maximum Gasteiger partial charge on any atom is 0.278 e. The fraction of sp³-hybridized carbons (Fsp3) is 0.308. The number of nitrogens with one attached hydrogen (secondary N) is 2. The van der Waals surface area contributed by atoms with E-state index in [1.54, 1.807) is 25.1 Å². The molecule has 112 valence electrons. The monoisotopic (exact) mass is 309 g/mol. The van der Waals surface area contributed by atoms with Gasteiger partial charge in [-0.1, -0.05) is 12.1 Å². The summed E-state index contributed by atoms with van der Waals surface area (Å²) in [5, 5.41) is 0.0266. The third-order valence-electron chi connectivity index (χ3n) is 3.00. The lowest BCUT2D eigenvalue weighted by molar-refractivity contribution is -0.0440. The maximum atomic E-state index is 12.2. The molecule has 0 amide bonds. The van der Waals surface area contributed by atoms with Gasteiger partial charge in [-0.15, -0.1) is 0 Å². The lowest BCUT2D eigenvalue weighted by Gasteiger charge is -2.12. The quantitative estimate of drug-likeness (QED) is 0.894. The maximum absolute atomic E-state index is 12.2. The van der Waals surface area contributed by atoms with Crippen molar-refractivity contribution in [3.8, 4) is 0 Å². The normalized spacial score (nSPS) is 16.2. The van der Waals surface area contributed by atoms with Gasteiger partial charge in [0.15, 0.2) is 11.3 Å². The Morgan fingerprint density at radius 3 is 2.76 bits per heavy atom. The molecule has 2 aromatic rings. The van der Waals surface area contributed by atoms with Crippen LogP contribution >= 0.6 is 0 Å². The van der Waals surface area contributed by atoms with Gasteiger partial charge >= 0.3 is 0 Å². The molecule has 1 aromatic carbocycles. The first-order valence-corrected chi connectivity index (χ1v) is 7.90. The lowest BCUT2D eigenvalue weighted by atomic mass is 10.2. The molecular weight excluding hydrogens is 294 g/mol. The van der Waals surface area contributed by atoms with Crippen LogP contribution in [0.25, 0.3) is 0 Å². The molecule has 8 heteroatoms. The van der Waals surface area contributed by atoms with Gasteiger partial charge in [0, 0.05) is 11.3 Å². The fourth-order valence-corrected chi connectivity index (χ4v) is 3.07. The number of sulfonamides is 1. The molecule has 0 atom stereocenters. The van der Waals surface area contributed by atoms with E-state index in [0.29, 0.717) is 24.7 Å². The van der Waals surface area contributed by atoms with Crippen molar-refractivity contribution in [3.05, 3.63) is 41.9 Å². The Kier molecular flexibility index (Phi) is 3.66. The Morgan fingerprint density at radius 1 is 1.33 bits per heavy atom. The van der Waals surface area contributed by atoms with Gasteiger partial charge in [-0.25, -0.2) is 4.98 Å². The molecule has 1 fully saturated rings. The number of aromatic nitrogens is 2. The van der Waals surface area contributed by atoms with E-state index in [1.165, 1.54) is 6.20 Å². The fourth-order valence-electron chi connectivity index (χ4n) is 2.04. The van der Waals surface area contributed by atoms with Gasteiger partial charge in [0.05, 0.1) is 19.4 Å². The number of anilines is 1. The molecule has 0 spiro atoms. The van der Waals surface area contributed by atoms with Crippen LogP contribution in [-0.4, -0.2) is 31.6 Å². The molecule has 0 aliphatic carbocycles. The Bertz CT molecular complexity index is 735. The van der Waals surface area contributed by atoms with Crippen molar-refractivity contribution in [1.29, 1.82) is 0 Å². The summed E-state index contributed by atoms with van der Waals surface area (Å²) >= 11 is 0. The molecule has 1 aliphatic heterocycles. The van der Waals surface area contributed by atoms with E-state index >= 15 is 0 Å². The third-order valence-corrected chi connectivity index (χ3v) is 4.29. The second-order valence-corrected chi connectivity index (χ2v) is 6.29. The molecule has 1 saturated heterocycles. The van der Waals surface area contributed by atoms with Crippen LogP contribution in [0.1, 0.15) is 17.7 Å². The van der Waals surface area contributed by atoms with Crippen molar-refractivity contribution >= 4 is 15.7 Å². The molecule has 0 bridgehead atoms. The van der Waals surface area contributed by atoms with E-state index in [2.05, 4.69) is 14.7 Å². The first kappa shape index (κ1) is 14.1. The standard InChI is InChI=1S/C13H15N3O4S/c1-9-14-8-12(15-9)21(17,18)16-11-4-2-3-10(7-11)13-19-5-6-20-13/h2-4,7-8,13,16H,5-6H2,1H3,(H,14,15). The van der Waals surface area contributed by atoms with Crippen LogP contribution in [-0.2, 0) is 19.5 Å². The van der Waals surface area contributed by atoms with E-state index < -0.39 is 16.3 Å². The zero-order chi connectivity index (χ0) is 14.9. The first-order valence-electron chi connectivity index (χ1n) is 6.42. The number of nitrogens with zero attached hydrogens (tertiary/aromatic N) is 1. The molecule has 2 heterocycles. The Morgan fingerprint density at radius 2 is 2.10 bits per heavy atom. The van der Waals surface area contributed by atoms with Crippen LogP contribution < -0.4 is 4.72 Å². The molecule has 1 aromatic heterocycles. The van der Waals surface area contributed by atoms with Crippen molar-refractivity contribution in [2.45, 2.75) is 18.2 Å². The number of H-pyrrole nitrogens is 1. The Labute approximate surface area is 122 Å². The lowest BCUT2D eigenvalue weighted by Crippen LogP contribution is -2.13. The summed E-state index contributed by atoms with van der Waals surface area (Å²) in [6.07, 6.45) is 0.842. The van der Waals surface area contributed by atoms with Crippen LogP contribution in [0.5, 0.6) is 0 Å². The van der Waals surface area contributed by atoms with Gasteiger partial charge in [-0.2, -0.15) is 8.42 Å². The van der Waals surface area contributed by atoms with Gasteiger partial charge in [0.25, 0.3) is 10.0 Å². The van der Waals surface area contributed by atoms with Gasteiger partial charge in [-0.05, 0) is 19.1 Å². The number of rotatable bonds is 4. The number of ether oxygens (including phenoxy) is 2. The molecular formula is C13H15N3O4S. The van der Waals surface area contributed by atoms with Crippen LogP contribution in [0.4, 0.5) is 5.69 Å². The van der Waals surface area contributed by atoms with Gasteiger partial charge in [-0.3, -0.25) is 4.72 Å². The number of imidazole rings is 1. The van der Waals surface area contributed by atoms with Crippen molar-refractivity contribution in [2.75, 3.05) is 17.9 Å². The summed E-state index contributed by atoms with van der Waals surface area (Å²) in [6, 6.07) is 6.93. The number of benzene rings is 1. The van der Waals surface area contributed by atoms with Gasteiger partial charge in [0.2, 0.25) is 0 Å². The van der Waals surface area contributed by atoms with Crippen LogP contribution in [0, 0.1) is 6.92 Å². The highest BCUT2D eigenvalue weighted by Crippen LogP contribution is 2.26. The zero-order valence-electron chi connectivity index (χ0n) is 11.4. The topological polar surface area (TPSA) is 93.3 Å². The van der Waals surface area contributed by atoms with Crippen LogP contribution in [0.2, 0.25) is 0 Å². The highest BCUT2D eigenvalue weighted by Gasteiger charge is 2.20.